The normalized spacial score (nSPS) is 19.2. The van der Waals surface area contributed by atoms with E-state index in [0.29, 0.717) is 12.4 Å². The summed E-state index contributed by atoms with van der Waals surface area (Å²) in [5.41, 5.74) is 3.27. The van der Waals surface area contributed by atoms with Crippen LogP contribution in [0.3, 0.4) is 0 Å². The summed E-state index contributed by atoms with van der Waals surface area (Å²) in [4.78, 5) is 15.4. The van der Waals surface area contributed by atoms with Crippen molar-refractivity contribution in [2.24, 2.45) is 0 Å². The second-order valence-electron chi connectivity index (χ2n) is 4.23. The molecule has 1 aromatic carbocycles. The fraction of sp³-hybridized carbons (Fsp3) is 0.333. The zero-order valence-electron chi connectivity index (χ0n) is 9.36. The predicted molar refractivity (Wildman–Crippen MR) is 60.8 cm³/mol. The van der Waals surface area contributed by atoms with Gasteiger partial charge in [-0.25, -0.2) is 4.98 Å². The van der Waals surface area contributed by atoms with Crippen LogP contribution in [0.1, 0.15) is 23.1 Å². The van der Waals surface area contributed by atoms with E-state index in [9.17, 15) is 4.79 Å². The lowest BCUT2D eigenvalue weighted by atomic mass is 9.94. The minimum Gasteiger partial charge on any atom is -0.480 e. The molecule has 5 nitrogen and oxygen atoms in total. The lowest BCUT2D eigenvalue weighted by molar-refractivity contribution is -0.139. The van der Waals surface area contributed by atoms with Crippen LogP contribution in [0.15, 0.2) is 16.5 Å². The number of aromatic nitrogens is 1. The van der Waals surface area contributed by atoms with E-state index in [1.807, 2.05) is 12.1 Å². The Kier molecular flexibility index (Phi) is 2.16. The zero-order valence-corrected chi connectivity index (χ0v) is 9.36. The number of oxazole rings is 1. The molecule has 5 heteroatoms. The maximum atomic E-state index is 11.2. The van der Waals surface area contributed by atoms with Gasteiger partial charge in [-0.15, -0.1) is 0 Å². The van der Waals surface area contributed by atoms with Gasteiger partial charge in [0.25, 0.3) is 0 Å². The second kappa shape index (κ2) is 3.56. The van der Waals surface area contributed by atoms with E-state index in [1.165, 1.54) is 0 Å². The molecule has 3 rings (SSSR count). The fourth-order valence-corrected chi connectivity index (χ4v) is 2.31. The molecule has 0 amide bonds. The first-order chi connectivity index (χ1) is 8.15. The molecule has 2 N–H and O–H groups in total. The van der Waals surface area contributed by atoms with Gasteiger partial charge >= 0.3 is 5.97 Å². The highest BCUT2D eigenvalue weighted by Gasteiger charge is 2.26. The largest absolute Gasteiger partial charge is 0.480 e. The van der Waals surface area contributed by atoms with Crippen molar-refractivity contribution in [3.8, 4) is 0 Å². The van der Waals surface area contributed by atoms with Gasteiger partial charge in [0.05, 0.1) is 0 Å². The van der Waals surface area contributed by atoms with Gasteiger partial charge in [0.15, 0.2) is 11.5 Å². The summed E-state index contributed by atoms with van der Waals surface area (Å²) in [5.74, 6) is -0.257. The molecule has 1 aliphatic heterocycles. The minimum atomic E-state index is -0.856. The van der Waals surface area contributed by atoms with Crippen LogP contribution >= 0.6 is 0 Å². The first-order valence-electron chi connectivity index (χ1n) is 5.51. The van der Waals surface area contributed by atoms with Gasteiger partial charge in [-0.3, -0.25) is 4.79 Å². The minimum absolute atomic E-state index is 0.599. The number of benzene rings is 1. The zero-order chi connectivity index (χ0) is 12.0. The number of nitrogens with one attached hydrogen (secondary N) is 1. The number of fused-ring (bicyclic) bond motifs is 2. The van der Waals surface area contributed by atoms with Crippen LogP contribution in [0.2, 0.25) is 0 Å². The molecule has 0 saturated carbocycles. The highest BCUT2D eigenvalue weighted by atomic mass is 16.4. The van der Waals surface area contributed by atoms with E-state index in [1.54, 1.807) is 6.92 Å². The Labute approximate surface area is 97.5 Å². The molecule has 0 spiro atoms. The van der Waals surface area contributed by atoms with Gasteiger partial charge in [0.1, 0.15) is 11.6 Å². The van der Waals surface area contributed by atoms with Crippen molar-refractivity contribution >= 4 is 17.1 Å². The standard InChI is InChI=1S/C12H12N2O3/c1-6-14-9-5-8-7(4-10(9)17-6)2-3-13-11(8)12(15)16/h4-5,11,13H,2-3H2,1H3,(H,15,16). The van der Waals surface area contributed by atoms with Crippen molar-refractivity contribution in [2.45, 2.75) is 19.4 Å². The Morgan fingerprint density at radius 1 is 1.59 bits per heavy atom. The van der Waals surface area contributed by atoms with E-state index in [0.717, 1.165) is 28.6 Å². The molecule has 1 aromatic heterocycles. The maximum absolute atomic E-state index is 11.2. The number of nitrogens with zero attached hydrogens (tertiary/aromatic N) is 1. The maximum Gasteiger partial charge on any atom is 0.325 e. The molecule has 1 atom stereocenters. The average molecular weight is 232 g/mol. The first-order valence-corrected chi connectivity index (χ1v) is 5.51. The molecule has 17 heavy (non-hydrogen) atoms. The molecule has 1 aliphatic rings. The highest BCUT2D eigenvalue weighted by molar-refractivity contribution is 5.81. The summed E-state index contributed by atoms with van der Waals surface area (Å²) in [5, 5.41) is 12.1. The predicted octanol–water partition coefficient (Wildman–Crippen LogP) is 1.41. The third-order valence-electron chi connectivity index (χ3n) is 3.06. The summed E-state index contributed by atoms with van der Waals surface area (Å²) < 4.78 is 5.45. The van der Waals surface area contributed by atoms with E-state index in [-0.39, 0.29) is 0 Å². The molecular formula is C12H12N2O3. The van der Waals surface area contributed by atoms with Crippen LogP contribution in [0, 0.1) is 6.92 Å². The molecular weight excluding hydrogens is 220 g/mol. The summed E-state index contributed by atoms with van der Waals surface area (Å²) in [7, 11) is 0. The Morgan fingerprint density at radius 2 is 2.41 bits per heavy atom. The lowest BCUT2D eigenvalue weighted by Gasteiger charge is -2.23. The van der Waals surface area contributed by atoms with Gasteiger partial charge in [-0.05, 0) is 29.7 Å². The summed E-state index contributed by atoms with van der Waals surface area (Å²) in [6, 6.07) is 3.08. The van der Waals surface area contributed by atoms with Crippen molar-refractivity contribution in [1.29, 1.82) is 0 Å². The molecule has 0 bridgehead atoms. The third kappa shape index (κ3) is 1.59. The fourth-order valence-electron chi connectivity index (χ4n) is 2.31. The van der Waals surface area contributed by atoms with Crippen molar-refractivity contribution in [3.63, 3.8) is 0 Å². The number of hydrogen-bond donors (Lipinski definition) is 2. The molecule has 2 heterocycles. The number of carboxylic acid groups (broad SMARTS) is 1. The monoisotopic (exact) mass is 232 g/mol. The number of carboxylic acids is 1. The van der Waals surface area contributed by atoms with Crippen LogP contribution in [-0.2, 0) is 11.2 Å². The third-order valence-corrected chi connectivity index (χ3v) is 3.06. The first kappa shape index (κ1) is 10.3. The van der Waals surface area contributed by atoms with Gasteiger partial charge in [-0.2, -0.15) is 0 Å². The molecule has 0 radical (unpaired) electrons. The van der Waals surface area contributed by atoms with Crippen LogP contribution in [0.5, 0.6) is 0 Å². The molecule has 2 aromatic rings. The van der Waals surface area contributed by atoms with E-state index in [2.05, 4.69) is 10.3 Å². The Balaban J connectivity index is 2.21. The number of rotatable bonds is 1. The smallest absolute Gasteiger partial charge is 0.325 e. The van der Waals surface area contributed by atoms with Gasteiger partial charge in [0.2, 0.25) is 0 Å². The number of aryl methyl sites for hydroxylation is 1. The Bertz CT molecular complexity index is 603. The molecule has 1 unspecified atom stereocenters. The van der Waals surface area contributed by atoms with Crippen LogP contribution in [-0.4, -0.2) is 22.6 Å². The summed E-state index contributed by atoms with van der Waals surface area (Å²) in [6.45, 7) is 2.45. The SMILES string of the molecule is Cc1nc2cc3c(cc2o1)CCNC3C(=O)O. The highest BCUT2D eigenvalue weighted by Crippen LogP contribution is 2.28. The van der Waals surface area contributed by atoms with Crippen molar-refractivity contribution in [3.05, 3.63) is 29.2 Å². The van der Waals surface area contributed by atoms with Crippen molar-refractivity contribution < 1.29 is 14.3 Å². The van der Waals surface area contributed by atoms with Gasteiger partial charge in [0, 0.05) is 13.5 Å². The second-order valence-corrected chi connectivity index (χ2v) is 4.23. The van der Waals surface area contributed by atoms with E-state index >= 15 is 0 Å². The van der Waals surface area contributed by atoms with Crippen LogP contribution in [0.4, 0.5) is 0 Å². The lowest BCUT2D eigenvalue weighted by Crippen LogP contribution is -2.34. The van der Waals surface area contributed by atoms with Crippen LogP contribution < -0.4 is 5.32 Å². The molecule has 88 valence electrons. The Hall–Kier alpha value is -1.88. The quantitative estimate of drug-likeness (QED) is 0.777. The number of hydrogen-bond acceptors (Lipinski definition) is 4. The van der Waals surface area contributed by atoms with Gasteiger partial charge in [-0.1, -0.05) is 0 Å². The van der Waals surface area contributed by atoms with E-state index in [4.69, 9.17) is 9.52 Å². The number of carbonyl (C=O) groups is 1. The van der Waals surface area contributed by atoms with Crippen LogP contribution in [0.25, 0.3) is 11.1 Å². The summed E-state index contributed by atoms with van der Waals surface area (Å²) >= 11 is 0. The molecule has 0 saturated heterocycles. The van der Waals surface area contributed by atoms with E-state index < -0.39 is 12.0 Å². The average Bonchev–Trinajstić information content (AvgIpc) is 2.63. The molecule has 0 fully saturated rings. The Morgan fingerprint density at radius 3 is 3.18 bits per heavy atom. The number of aliphatic carboxylic acids is 1. The summed E-state index contributed by atoms with van der Waals surface area (Å²) in [6.07, 6.45) is 0.814. The van der Waals surface area contributed by atoms with Gasteiger partial charge < -0.3 is 14.8 Å². The van der Waals surface area contributed by atoms with Crippen molar-refractivity contribution in [1.82, 2.24) is 10.3 Å². The van der Waals surface area contributed by atoms with Crippen molar-refractivity contribution in [2.75, 3.05) is 6.54 Å². The topological polar surface area (TPSA) is 75.4 Å². The molecule has 0 aliphatic carbocycles.